The summed E-state index contributed by atoms with van der Waals surface area (Å²) in [6, 6.07) is 11.3. The van der Waals surface area contributed by atoms with Crippen LogP contribution in [0.25, 0.3) is 0 Å². The number of thiophene rings is 1. The molecule has 1 fully saturated rings. The van der Waals surface area contributed by atoms with Crippen molar-refractivity contribution in [1.82, 2.24) is 0 Å². The summed E-state index contributed by atoms with van der Waals surface area (Å²) in [5, 5.41) is 5.98. The lowest BCUT2D eigenvalue weighted by Gasteiger charge is -2.26. The molecule has 0 amide bonds. The maximum absolute atomic E-state index is 3.80. The summed E-state index contributed by atoms with van der Waals surface area (Å²) in [7, 11) is 0. The number of hydrogen-bond acceptors (Lipinski definition) is 2. The van der Waals surface area contributed by atoms with Crippen LogP contribution in [-0.2, 0) is 0 Å². The molecule has 0 aliphatic heterocycles. The average molecular weight is 350 g/mol. The molecule has 0 spiro atoms. The van der Waals surface area contributed by atoms with Gasteiger partial charge >= 0.3 is 0 Å². The fourth-order valence-corrected chi connectivity index (χ4v) is 4.35. The third kappa shape index (κ3) is 2.94. The second kappa shape index (κ2) is 6.31. The van der Waals surface area contributed by atoms with E-state index in [0.29, 0.717) is 6.04 Å². The molecule has 3 rings (SSSR count). The van der Waals surface area contributed by atoms with Crippen molar-refractivity contribution in [2.24, 2.45) is 5.92 Å². The van der Waals surface area contributed by atoms with E-state index in [-0.39, 0.29) is 0 Å². The second-order valence-electron chi connectivity index (χ2n) is 5.62. The third-order valence-electron chi connectivity index (χ3n) is 4.22. The summed E-state index contributed by atoms with van der Waals surface area (Å²) >= 11 is 5.59. The summed E-state index contributed by atoms with van der Waals surface area (Å²) < 4.78 is 1.19. The van der Waals surface area contributed by atoms with Crippen LogP contribution in [0.5, 0.6) is 0 Å². The highest BCUT2D eigenvalue weighted by molar-refractivity contribution is 9.10. The minimum absolute atomic E-state index is 0.454. The van der Waals surface area contributed by atoms with Gasteiger partial charge in [0.25, 0.3) is 0 Å². The lowest BCUT2D eigenvalue weighted by molar-refractivity contribution is 0.475. The van der Waals surface area contributed by atoms with Crippen LogP contribution >= 0.6 is 27.3 Å². The summed E-state index contributed by atoms with van der Waals surface area (Å²) in [4.78, 5) is 1.46. The molecule has 1 aromatic heterocycles. The Morgan fingerprint density at radius 1 is 1.20 bits per heavy atom. The number of halogens is 1. The van der Waals surface area contributed by atoms with E-state index in [0.717, 1.165) is 5.92 Å². The van der Waals surface area contributed by atoms with Crippen molar-refractivity contribution in [3.05, 3.63) is 50.6 Å². The van der Waals surface area contributed by atoms with E-state index >= 15 is 0 Å². The van der Waals surface area contributed by atoms with Gasteiger partial charge in [0.1, 0.15) is 0 Å². The molecule has 3 heteroatoms. The number of benzene rings is 1. The van der Waals surface area contributed by atoms with E-state index < -0.39 is 0 Å². The summed E-state index contributed by atoms with van der Waals surface area (Å²) in [6.45, 7) is 2.14. The SMILES string of the molecule is Cc1cccc(NC(c2cccs2)C2CCCC2)c1Br. The van der Waals surface area contributed by atoms with Crippen LogP contribution in [0.3, 0.4) is 0 Å². The predicted molar refractivity (Wildman–Crippen MR) is 91.5 cm³/mol. The third-order valence-corrected chi connectivity index (χ3v) is 6.23. The first-order chi connectivity index (χ1) is 9.75. The number of rotatable bonds is 4. The van der Waals surface area contributed by atoms with Gasteiger partial charge in [-0.15, -0.1) is 11.3 Å². The highest BCUT2D eigenvalue weighted by Gasteiger charge is 2.27. The Kier molecular flexibility index (Phi) is 4.47. The molecule has 1 heterocycles. The first-order valence-corrected chi connectivity index (χ1v) is 8.98. The largest absolute Gasteiger partial charge is 0.376 e. The maximum Gasteiger partial charge on any atom is 0.0635 e. The standard InChI is InChI=1S/C17H20BrNS/c1-12-6-4-9-14(16(12)18)19-17(13-7-2-3-8-13)15-10-5-11-20-15/h4-6,9-11,13,17,19H,2-3,7-8H2,1H3. The summed E-state index contributed by atoms with van der Waals surface area (Å²) in [5.74, 6) is 0.765. The molecular weight excluding hydrogens is 330 g/mol. The van der Waals surface area contributed by atoms with Gasteiger partial charge in [-0.1, -0.05) is 31.0 Å². The van der Waals surface area contributed by atoms with Crippen LogP contribution in [-0.4, -0.2) is 0 Å². The van der Waals surface area contributed by atoms with Crippen molar-refractivity contribution in [3.63, 3.8) is 0 Å². The fraction of sp³-hybridized carbons (Fsp3) is 0.412. The molecule has 0 radical (unpaired) electrons. The number of anilines is 1. The Hall–Kier alpha value is -0.800. The van der Waals surface area contributed by atoms with Gasteiger partial charge in [0, 0.05) is 15.0 Å². The Morgan fingerprint density at radius 2 is 2.00 bits per heavy atom. The van der Waals surface area contributed by atoms with Gasteiger partial charge in [-0.3, -0.25) is 0 Å². The van der Waals surface area contributed by atoms with Gasteiger partial charge in [-0.2, -0.15) is 0 Å². The maximum atomic E-state index is 3.80. The molecule has 1 unspecified atom stereocenters. The van der Waals surface area contributed by atoms with E-state index in [1.54, 1.807) is 0 Å². The van der Waals surface area contributed by atoms with Crippen LogP contribution in [0, 0.1) is 12.8 Å². The first kappa shape index (κ1) is 14.2. The molecule has 20 heavy (non-hydrogen) atoms. The molecule has 1 aliphatic rings. The number of aryl methyl sites for hydroxylation is 1. The van der Waals surface area contributed by atoms with E-state index in [1.165, 1.54) is 46.3 Å². The van der Waals surface area contributed by atoms with E-state index in [2.05, 4.69) is 63.9 Å². The molecule has 1 N–H and O–H groups in total. The van der Waals surface area contributed by atoms with Gasteiger partial charge in [0.05, 0.1) is 6.04 Å². The van der Waals surface area contributed by atoms with Gasteiger partial charge in [0.2, 0.25) is 0 Å². The fourth-order valence-electron chi connectivity index (χ4n) is 3.11. The highest BCUT2D eigenvalue weighted by atomic mass is 79.9. The average Bonchev–Trinajstić information content (AvgIpc) is 3.13. The molecule has 0 bridgehead atoms. The van der Waals surface area contributed by atoms with Gasteiger partial charge in [-0.25, -0.2) is 0 Å². The zero-order chi connectivity index (χ0) is 13.9. The lowest BCUT2D eigenvalue weighted by Crippen LogP contribution is -2.18. The Balaban J connectivity index is 1.88. The highest BCUT2D eigenvalue weighted by Crippen LogP contribution is 2.40. The first-order valence-electron chi connectivity index (χ1n) is 7.31. The Morgan fingerprint density at radius 3 is 2.70 bits per heavy atom. The van der Waals surface area contributed by atoms with Crippen LogP contribution < -0.4 is 5.32 Å². The summed E-state index contributed by atoms with van der Waals surface area (Å²) in [6.07, 6.45) is 5.45. The molecule has 1 saturated carbocycles. The monoisotopic (exact) mass is 349 g/mol. The zero-order valence-electron chi connectivity index (χ0n) is 11.7. The van der Waals surface area contributed by atoms with Crippen molar-refractivity contribution in [2.75, 3.05) is 5.32 Å². The Labute approximate surface area is 133 Å². The summed E-state index contributed by atoms with van der Waals surface area (Å²) in [5.41, 5.74) is 2.50. The molecule has 1 atom stereocenters. The molecule has 0 saturated heterocycles. The van der Waals surface area contributed by atoms with Gasteiger partial charge < -0.3 is 5.32 Å². The molecular formula is C17H20BrNS. The van der Waals surface area contributed by atoms with Crippen LogP contribution in [0.4, 0.5) is 5.69 Å². The van der Waals surface area contributed by atoms with E-state index in [4.69, 9.17) is 0 Å². The molecule has 1 aromatic carbocycles. The number of nitrogens with one attached hydrogen (secondary N) is 1. The minimum Gasteiger partial charge on any atom is -0.376 e. The molecule has 2 aromatic rings. The van der Waals surface area contributed by atoms with Crippen LogP contribution in [0.2, 0.25) is 0 Å². The van der Waals surface area contributed by atoms with Crippen LogP contribution in [0.1, 0.15) is 42.2 Å². The van der Waals surface area contributed by atoms with E-state index in [1.807, 2.05) is 11.3 Å². The lowest BCUT2D eigenvalue weighted by atomic mass is 9.96. The topological polar surface area (TPSA) is 12.0 Å². The predicted octanol–water partition coefficient (Wildman–Crippen LogP) is 6.16. The Bertz CT molecular complexity index is 558. The quantitative estimate of drug-likeness (QED) is 0.696. The van der Waals surface area contributed by atoms with Gasteiger partial charge in [-0.05, 0) is 64.7 Å². The minimum atomic E-state index is 0.454. The van der Waals surface area contributed by atoms with Crippen molar-refractivity contribution in [1.29, 1.82) is 0 Å². The van der Waals surface area contributed by atoms with Crippen molar-refractivity contribution in [2.45, 2.75) is 38.6 Å². The molecule has 1 aliphatic carbocycles. The second-order valence-corrected chi connectivity index (χ2v) is 7.39. The van der Waals surface area contributed by atoms with Crippen LogP contribution in [0.15, 0.2) is 40.2 Å². The van der Waals surface area contributed by atoms with Crippen molar-refractivity contribution >= 4 is 33.0 Å². The van der Waals surface area contributed by atoms with Crippen molar-refractivity contribution in [3.8, 4) is 0 Å². The molecule has 1 nitrogen and oxygen atoms in total. The molecule has 106 valence electrons. The normalized spacial score (nSPS) is 17.3. The van der Waals surface area contributed by atoms with Crippen molar-refractivity contribution < 1.29 is 0 Å². The smallest absolute Gasteiger partial charge is 0.0635 e. The van der Waals surface area contributed by atoms with Gasteiger partial charge in [0.15, 0.2) is 0 Å². The van der Waals surface area contributed by atoms with E-state index in [9.17, 15) is 0 Å². The zero-order valence-corrected chi connectivity index (χ0v) is 14.1. The number of hydrogen-bond donors (Lipinski definition) is 1.